The molecule has 0 aromatic heterocycles. The topological polar surface area (TPSA) is 83.9 Å². The molecule has 0 spiro atoms. The lowest BCUT2D eigenvalue weighted by Gasteiger charge is -2.31. The van der Waals surface area contributed by atoms with Crippen LogP contribution >= 0.6 is 0 Å². The maximum absolute atomic E-state index is 11.1. The minimum atomic E-state index is -3.48. The van der Waals surface area contributed by atoms with Crippen LogP contribution in [-0.4, -0.2) is 43.9 Å². The van der Waals surface area contributed by atoms with E-state index < -0.39 is 16.2 Å². The highest BCUT2D eigenvalue weighted by atomic mass is 32.2. The van der Waals surface area contributed by atoms with E-state index >= 15 is 0 Å². The minimum Gasteiger partial charge on any atom is -0.465 e. The van der Waals surface area contributed by atoms with Gasteiger partial charge in [-0.15, -0.1) is 0 Å². The van der Waals surface area contributed by atoms with Gasteiger partial charge in [0.1, 0.15) is 0 Å². The zero-order valence-corrected chi connectivity index (χ0v) is 12.7. The molecule has 1 aromatic rings. The molecule has 1 amide bonds. The number of carbonyl (C=O) groups is 1. The third-order valence-electron chi connectivity index (χ3n) is 3.69. The molecule has 1 fully saturated rings. The highest BCUT2D eigenvalue weighted by Crippen LogP contribution is 2.30. The Morgan fingerprint density at radius 2 is 1.95 bits per heavy atom. The molecule has 0 unspecified atom stereocenters. The maximum atomic E-state index is 11.1. The molecule has 0 aliphatic carbocycles. The van der Waals surface area contributed by atoms with Crippen molar-refractivity contribution in [3.05, 3.63) is 35.4 Å². The molecule has 1 heterocycles. The molecule has 0 atom stereocenters. The molecule has 0 saturated carbocycles. The number of likely N-dealkylation sites (tertiary alicyclic amines) is 1. The van der Waals surface area contributed by atoms with Gasteiger partial charge < -0.3 is 10.0 Å². The molecule has 21 heavy (non-hydrogen) atoms. The lowest BCUT2D eigenvalue weighted by Crippen LogP contribution is -2.37. The highest BCUT2D eigenvalue weighted by molar-refractivity contribution is 7.85. The zero-order valence-electron chi connectivity index (χ0n) is 11.9. The van der Waals surface area contributed by atoms with Gasteiger partial charge in [0.2, 0.25) is 0 Å². The molecule has 116 valence electrons. The van der Waals surface area contributed by atoms with Crippen LogP contribution in [0.25, 0.3) is 0 Å². The van der Waals surface area contributed by atoms with Crippen LogP contribution in [0.3, 0.4) is 0 Å². The van der Waals surface area contributed by atoms with E-state index in [1.165, 1.54) is 4.90 Å². The van der Waals surface area contributed by atoms with Crippen molar-refractivity contribution in [2.24, 2.45) is 0 Å². The van der Waals surface area contributed by atoms with Crippen LogP contribution in [0.15, 0.2) is 24.3 Å². The van der Waals surface area contributed by atoms with Crippen molar-refractivity contribution >= 4 is 16.2 Å². The maximum Gasteiger partial charge on any atom is 0.407 e. The van der Waals surface area contributed by atoms with Gasteiger partial charge >= 0.3 is 6.09 Å². The van der Waals surface area contributed by atoms with E-state index in [2.05, 4.69) is 0 Å². The van der Waals surface area contributed by atoms with Gasteiger partial charge in [-0.25, -0.2) is 4.79 Å². The molecule has 6 nitrogen and oxygen atoms in total. The van der Waals surface area contributed by atoms with E-state index in [1.54, 1.807) is 0 Å². The Balaban J connectivity index is 2.08. The van der Waals surface area contributed by atoms with Crippen LogP contribution in [-0.2, 0) is 20.9 Å². The lowest BCUT2D eigenvalue weighted by molar-refractivity contribution is 0.132. The van der Waals surface area contributed by atoms with Crippen molar-refractivity contribution in [1.29, 1.82) is 0 Å². The Hall–Kier alpha value is -1.60. The Morgan fingerprint density at radius 1 is 1.33 bits per heavy atom. The Labute approximate surface area is 124 Å². The molecule has 1 aliphatic heterocycles. The number of piperidine rings is 1. The number of rotatable bonds is 4. The molecule has 1 aliphatic rings. The van der Waals surface area contributed by atoms with E-state index in [9.17, 15) is 13.2 Å². The van der Waals surface area contributed by atoms with E-state index in [0.29, 0.717) is 13.1 Å². The number of benzene rings is 1. The minimum absolute atomic E-state index is 0.0220. The average Bonchev–Trinajstić information content (AvgIpc) is 2.45. The summed E-state index contributed by atoms with van der Waals surface area (Å²) in [4.78, 5) is 12.3. The molecule has 1 aromatic carbocycles. The summed E-state index contributed by atoms with van der Waals surface area (Å²) in [5.74, 6) is 0.236. The quantitative estimate of drug-likeness (QED) is 0.860. The van der Waals surface area contributed by atoms with Gasteiger partial charge in [-0.3, -0.25) is 4.18 Å². The standard InChI is InChI=1S/C14H19NO5S/c1-21(18,19)20-10-12-4-2-3-5-13(12)11-6-8-15(9-7-11)14(16)17/h2-5,11H,6-10H2,1H3,(H,16,17). The van der Waals surface area contributed by atoms with Crippen molar-refractivity contribution in [2.75, 3.05) is 19.3 Å². The fourth-order valence-electron chi connectivity index (χ4n) is 2.62. The molecule has 7 heteroatoms. The van der Waals surface area contributed by atoms with Crippen LogP contribution < -0.4 is 0 Å². The van der Waals surface area contributed by atoms with Gasteiger partial charge in [-0.1, -0.05) is 24.3 Å². The summed E-state index contributed by atoms with van der Waals surface area (Å²) in [6.07, 6.45) is 1.62. The third kappa shape index (κ3) is 4.44. The van der Waals surface area contributed by atoms with Crippen LogP contribution in [0.1, 0.15) is 29.9 Å². The van der Waals surface area contributed by atoms with Crippen LogP contribution in [0.5, 0.6) is 0 Å². The summed E-state index contributed by atoms with van der Waals surface area (Å²) in [5.41, 5.74) is 1.89. The molecule has 2 rings (SSSR count). The van der Waals surface area contributed by atoms with E-state index in [4.69, 9.17) is 9.29 Å². The predicted octanol–water partition coefficient (Wildman–Crippen LogP) is 2.02. The normalized spacial score (nSPS) is 16.9. The fourth-order valence-corrected chi connectivity index (χ4v) is 2.96. The Morgan fingerprint density at radius 3 is 2.52 bits per heavy atom. The van der Waals surface area contributed by atoms with E-state index in [1.807, 2.05) is 24.3 Å². The molecule has 1 N–H and O–H groups in total. The summed E-state index contributed by atoms with van der Waals surface area (Å²) in [7, 11) is -3.48. The first kappa shape index (κ1) is 15.8. The Bertz CT molecular complexity index is 606. The summed E-state index contributed by atoms with van der Waals surface area (Å²) < 4.78 is 27.1. The van der Waals surface area contributed by atoms with Gasteiger partial charge in [0.25, 0.3) is 10.1 Å². The summed E-state index contributed by atoms with van der Waals surface area (Å²) in [6, 6.07) is 7.56. The lowest BCUT2D eigenvalue weighted by atomic mass is 9.87. The van der Waals surface area contributed by atoms with Crippen molar-refractivity contribution in [1.82, 2.24) is 4.90 Å². The number of nitrogens with zero attached hydrogens (tertiary/aromatic N) is 1. The van der Waals surface area contributed by atoms with E-state index in [-0.39, 0.29) is 12.5 Å². The van der Waals surface area contributed by atoms with Crippen LogP contribution in [0, 0.1) is 0 Å². The number of carboxylic acid groups (broad SMARTS) is 1. The first-order valence-electron chi connectivity index (χ1n) is 6.77. The molecule has 1 saturated heterocycles. The highest BCUT2D eigenvalue weighted by Gasteiger charge is 2.24. The smallest absolute Gasteiger partial charge is 0.407 e. The van der Waals surface area contributed by atoms with Gasteiger partial charge in [-0.05, 0) is 29.9 Å². The van der Waals surface area contributed by atoms with Crippen molar-refractivity contribution in [2.45, 2.75) is 25.4 Å². The SMILES string of the molecule is CS(=O)(=O)OCc1ccccc1C1CCN(C(=O)O)CC1. The van der Waals surface area contributed by atoms with Crippen molar-refractivity contribution < 1.29 is 22.5 Å². The van der Waals surface area contributed by atoms with Gasteiger partial charge in [0.15, 0.2) is 0 Å². The monoisotopic (exact) mass is 313 g/mol. The van der Waals surface area contributed by atoms with Crippen molar-refractivity contribution in [3.8, 4) is 0 Å². The second-order valence-electron chi connectivity index (χ2n) is 5.21. The number of amides is 1. The van der Waals surface area contributed by atoms with E-state index in [0.717, 1.165) is 30.2 Å². The molecule has 0 radical (unpaired) electrons. The predicted molar refractivity (Wildman–Crippen MR) is 77.6 cm³/mol. The summed E-state index contributed by atoms with van der Waals surface area (Å²) in [6.45, 7) is 1.02. The molecule has 0 bridgehead atoms. The summed E-state index contributed by atoms with van der Waals surface area (Å²) >= 11 is 0. The average molecular weight is 313 g/mol. The zero-order chi connectivity index (χ0) is 15.5. The first-order valence-corrected chi connectivity index (χ1v) is 8.58. The van der Waals surface area contributed by atoms with Gasteiger partial charge in [0, 0.05) is 13.1 Å². The van der Waals surface area contributed by atoms with Gasteiger partial charge in [0.05, 0.1) is 12.9 Å². The fraction of sp³-hybridized carbons (Fsp3) is 0.500. The number of hydrogen-bond acceptors (Lipinski definition) is 4. The summed E-state index contributed by atoms with van der Waals surface area (Å²) in [5, 5.41) is 8.96. The largest absolute Gasteiger partial charge is 0.465 e. The Kier molecular flexibility index (Phi) is 4.84. The van der Waals surface area contributed by atoms with Gasteiger partial charge in [-0.2, -0.15) is 8.42 Å². The number of hydrogen-bond donors (Lipinski definition) is 1. The molecular weight excluding hydrogens is 294 g/mol. The van der Waals surface area contributed by atoms with Crippen molar-refractivity contribution in [3.63, 3.8) is 0 Å². The second-order valence-corrected chi connectivity index (χ2v) is 6.85. The van der Waals surface area contributed by atoms with Crippen LogP contribution in [0.4, 0.5) is 4.79 Å². The van der Waals surface area contributed by atoms with Crippen LogP contribution in [0.2, 0.25) is 0 Å². The molecular formula is C14H19NO5S. The second kappa shape index (κ2) is 6.44. The third-order valence-corrected chi connectivity index (χ3v) is 4.23. The first-order chi connectivity index (χ1) is 9.87.